The molecule has 0 radical (unpaired) electrons. The molecule has 0 aliphatic rings. The van der Waals surface area contributed by atoms with Gasteiger partial charge in [-0.15, -0.1) is 0 Å². The van der Waals surface area contributed by atoms with Crippen LogP contribution in [-0.2, 0) is 66.9 Å². The second-order valence-corrected chi connectivity index (χ2v) is 20.3. The highest BCUT2D eigenvalue weighted by Gasteiger charge is 2.24. The lowest BCUT2D eigenvalue weighted by molar-refractivity contribution is 0.577. The smallest absolute Gasteiger partial charge is 0.288 e. The Morgan fingerprint density at radius 1 is 0.492 bits per heavy atom. The van der Waals surface area contributed by atoms with Crippen molar-refractivity contribution in [2.75, 3.05) is 0 Å². The van der Waals surface area contributed by atoms with Crippen LogP contribution >= 0.6 is 34.8 Å². The van der Waals surface area contributed by atoms with Gasteiger partial charge in [-0.3, -0.25) is 14.4 Å². The summed E-state index contributed by atoms with van der Waals surface area (Å²) < 4.78 is 77.7. The van der Waals surface area contributed by atoms with Crippen LogP contribution in [0.15, 0.2) is 139 Å². The van der Waals surface area contributed by atoms with Gasteiger partial charge in [0, 0.05) is 72.4 Å². The van der Waals surface area contributed by atoms with Gasteiger partial charge in [-0.05, 0) is 65.9 Å². The number of benzene rings is 3. The number of sulfone groups is 3. The fourth-order valence-corrected chi connectivity index (χ4v) is 10.1. The van der Waals surface area contributed by atoms with Crippen LogP contribution < -0.4 is 16.7 Å². The van der Waals surface area contributed by atoms with Crippen LogP contribution in [-0.4, -0.2) is 53.9 Å². The highest BCUT2D eigenvalue weighted by atomic mass is 35.5. The maximum Gasteiger partial charge on any atom is 0.288 e. The summed E-state index contributed by atoms with van der Waals surface area (Å²) in [5.41, 5.74) is -0.149. The molecule has 0 aliphatic carbocycles. The summed E-state index contributed by atoms with van der Waals surface area (Å²) in [6.07, 6.45) is 9.82. The summed E-state index contributed by atoms with van der Waals surface area (Å²) in [6, 6.07) is 19.4. The Morgan fingerprint density at radius 3 is 1.26 bits per heavy atom. The monoisotopic (exact) mass is 950 g/mol. The third-order valence-electron chi connectivity index (χ3n) is 8.35. The zero-order valence-electron chi connectivity index (χ0n) is 33.1. The van der Waals surface area contributed by atoms with Gasteiger partial charge in [-0.25, -0.2) is 40.2 Å². The first-order valence-corrected chi connectivity index (χ1v) is 24.4. The van der Waals surface area contributed by atoms with Gasteiger partial charge >= 0.3 is 0 Å². The summed E-state index contributed by atoms with van der Waals surface area (Å²) in [5, 5.41) is 0.237. The molecule has 15 nitrogen and oxygen atoms in total. The maximum absolute atomic E-state index is 12.4. The Hall–Kier alpha value is -4.98. The largest absolute Gasteiger partial charge is 0.315 e. The van der Waals surface area contributed by atoms with Crippen LogP contribution in [0.25, 0.3) is 0 Å². The topological polar surface area (TPSA) is 207 Å². The molecule has 0 fully saturated rings. The molecule has 3 heterocycles. The van der Waals surface area contributed by atoms with Crippen molar-refractivity contribution in [3.8, 4) is 0 Å². The van der Waals surface area contributed by atoms with Gasteiger partial charge in [-0.1, -0.05) is 85.0 Å². The summed E-state index contributed by atoms with van der Waals surface area (Å²) in [7, 11) is -9.88. The number of rotatable bonds is 13. The van der Waals surface area contributed by atoms with Crippen molar-refractivity contribution in [3.63, 3.8) is 0 Å². The first-order chi connectivity index (χ1) is 28.8. The molecule has 0 spiro atoms. The first kappa shape index (κ1) is 48.7. The van der Waals surface area contributed by atoms with E-state index >= 15 is 0 Å². The summed E-state index contributed by atoms with van der Waals surface area (Å²) in [4.78, 5) is 47.3. The van der Waals surface area contributed by atoms with E-state index in [0.29, 0.717) is 44.8 Å². The molecule has 0 unspecified atom stereocenters. The van der Waals surface area contributed by atoms with Crippen molar-refractivity contribution in [2.24, 2.45) is 7.05 Å². The zero-order valence-corrected chi connectivity index (χ0v) is 37.8. The second kappa shape index (κ2) is 21.7. The molecule has 6 rings (SSSR count). The van der Waals surface area contributed by atoms with E-state index < -0.39 is 61.3 Å². The molecule has 0 N–H and O–H groups in total. The summed E-state index contributed by atoms with van der Waals surface area (Å²) in [5.74, 6) is -0.856. The van der Waals surface area contributed by atoms with Crippen molar-refractivity contribution in [3.05, 3.63) is 173 Å². The molecule has 0 bridgehead atoms. The molecule has 3 aromatic carbocycles. The van der Waals surface area contributed by atoms with Gasteiger partial charge in [-0.2, -0.15) is 0 Å². The quantitative estimate of drug-likeness (QED) is 0.131. The minimum absolute atomic E-state index is 0.275. The van der Waals surface area contributed by atoms with E-state index in [-0.39, 0.29) is 17.3 Å². The van der Waals surface area contributed by atoms with Gasteiger partial charge in [0.2, 0.25) is 44.6 Å². The van der Waals surface area contributed by atoms with E-state index in [2.05, 4.69) is 15.0 Å². The number of hydrogen-bond donors (Lipinski definition) is 0. The Balaban J connectivity index is 0.000000202. The summed E-state index contributed by atoms with van der Waals surface area (Å²) >= 11 is 17.3. The van der Waals surface area contributed by atoms with E-state index in [1.165, 1.54) is 57.9 Å². The van der Waals surface area contributed by atoms with Gasteiger partial charge in [0.25, 0.3) is 16.7 Å². The normalized spacial score (nSPS) is 11.5. The van der Waals surface area contributed by atoms with Crippen LogP contribution in [0.5, 0.6) is 0 Å². The molecule has 21 heteroatoms. The van der Waals surface area contributed by atoms with Gasteiger partial charge in [0.05, 0.1) is 17.3 Å². The van der Waals surface area contributed by atoms with E-state index in [4.69, 9.17) is 34.8 Å². The van der Waals surface area contributed by atoms with Crippen molar-refractivity contribution < 1.29 is 25.3 Å². The van der Waals surface area contributed by atoms with Crippen LogP contribution in [0, 0.1) is 0 Å². The zero-order chi connectivity index (χ0) is 45.0. The van der Waals surface area contributed by atoms with Crippen LogP contribution in [0.1, 0.15) is 43.4 Å². The molecule has 61 heavy (non-hydrogen) atoms. The predicted octanol–water partition coefficient (Wildman–Crippen LogP) is 5.97. The first-order valence-electron chi connectivity index (χ1n) is 18.3. The standard InChI is InChI=1S/2C14H15ClN2O3S.C12H11ClN2O3S/c1-2-8-17-9-7-16-13(14(17)18)21(19,20)10-11-3-5-12(15)6-4-11;1-2-7-17-8-6-16-13(14(17)18)21(19,20)10-11-4-3-5-12(15)9-11;1-15-7-6-14-11(12(15)16)19(17,18)8-9-2-4-10(13)5-3-9/h3-7,9H,2,8,10H2,1H3;3-6,8-9H,2,7,10H2,1H3;2-7H,8H2,1H3. The minimum atomic E-state index is -3.80. The van der Waals surface area contributed by atoms with Crippen LogP contribution in [0.4, 0.5) is 0 Å². The molecular formula is C40H41Cl3N6O9S3. The average molecular weight is 952 g/mol. The summed E-state index contributed by atoms with van der Waals surface area (Å²) in [6.45, 7) is 4.74. The van der Waals surface area contributed by atoms with Crippen molar-refractivity contribution in [1.29, 1.82) is 0 Å². The number of nitrogens with zero attached hydrogens (tertiary/aromatic N) is 6. The van der Waals surface area contributed by atoms with Crippen LogP contribution in [0.2, 0.25) is 15.1 Å². The van der Waals surface area contributed by atoms with E-state index in [1.54, 1.807) is 72.8 Å². The van der Waals surface area contributed by atoms with E-state index in [1.807, 2.05) is 13.8 Å². The third-order valence-corrected chi connectivity index (χ3v) is 13.8. The lowest BCUT2D eigenvalue weighted by Crippen LogP contribution is -2.27. The highest BCUT2D eigenvalue weighted by Crippen LogP contribution is 2.18. The molecule has 0 saturated heterocycles. The van der Waals surface area contributed by atoms with Gasteiger partial charge in [0.1, 0.15) is 0 Å². The molecule has 0 atom stereocenters. The van der Waals surface area contributed by atoms with Gasteiger partial charge in [0.15, 0.2) is 0 Å². The van der Waals surface area contributed by atoms with E-state index in [0.717, 1.165) is 12.8 Å². The molecular weight excluding hydrogens is 911 g/mol. The Bertz CT molecular complexity index is 2980. The Kier molecular flexibility index (Phi) is 17.3. The lowest BCUT2D eigenvalue weighted by Gasteiger charge is -2.07. The molecule has 6 aromatic rings. The third kappa shape index (κ3) is 13.8. The fourth-order valence-electron chi connectivity index (χ4n) is 5.45. The molecule has 3 aromatic heterocycles. The highest BCUT2D eigenvalue weighted by molar-refractivity contribution is 7.91. The van der Waals surface area contributed by atoms with Crippen molar-refractivity contribution in [2.45, 2.75) is 72.1 Å². The average Bonchev–Trinajstić information content (AvgIpc) is 3.19. The SMILES string of the molecule is CCCn1ccnc(S(=O)(=O)Cc2ccc(Cl)cc2)c1=O.CCCn1ccnc(S(=O)(=O)Cc2cccc(Cl)c2)c1=O.Cn1ccnc(S(=O)(=O)Cc2ccc(Cl)cc2)c1=O. The number of aryl methyl sites for hydroxylation is 3. The maximum atomic E-state index is 12.4. The van der Waals surface area contributed by atoms with E-state index in [9.17, 15) is 39.6 Å². The second-order valence-electron chi connectivity index (χ2n) is 13.3. The lowest BCUT2D eigenvalue weighted by atomic mass is 10.2. The Morgan fingerprint density at radius 2 is 0.869 bits per heavy atom. The molecule has 0 saturated carbocycles. The van der Waals surface area contributed by atoms with Crippen molar-refractivity contribution in [1.82, 2.24) is 28.7 Å². The molecule has 0 aliphatic heterocycles. The Labute approximate surface area is 368 Å². The number of hydrogen-bond acceptors (Lipinski definition) is 12. The fraction of sp³-hybridized carbons (Fsp3) is 0.250. The number of halogens is 3. The molecule has 0 amide bonds. The minimum Gasteiger partial charge on any atom is -0.315 e. The van der Waals surface area contributed by atoms with Crippen molar-refractivity contribution >= 4 is 64.3 Å². The number of aromatic nitrogens is 6. The predicted molar refractivity (Wildman–Crippen MR) is 234 cm³/mol. The van der Waals surface area contributed by atoms with Crippen LogP contribution in [0.3, 0.4) is 0 Å². The van der Waals surface area contributed by atoms with Gasteiger partial charge < -0.3 is 13.7 Å². The molecule has 324 valence electrons.